The Morgan fingerprint density at radius 2 is 1.67 bits per heavy atom. The van der Waals surface area contributed by atoms with Crippen molar-refractivity contribution in [3.05, 3.63) is 77.1 Å². The molecule has 0 fully saturated rings. The van der Waals surface area contributed by atoms with Gasteiger partial charge in [-0.3, -0.25) is 14.3 Å². The summed E-state index contributed by atoms with van der Waals surface area (Å²) in [4.78, 5) is 26.8. The third-order valence-electron chi connectivity index (χ3n) is 5.33. The number of nitrogens with zero attached hydrogens (tertiary/aromatic N) is 3. The molecule has 0 bridgehead atoms. The van der Waals surface area contributed by atoms with Crippen LogP contribution in [0.15, 0.2) is 54.6 Å². The number of hydrogen-bond donors (Lipinski definition) is 1. The molecule has 0 saturated heterocycles. The second kappa shape index (κ2) is 5.81. The van der Waals surface area contributed by atoms with Gasteiger partial charge >= 0.3 is 0 Å². The molecule has 2 aliphatic rings. The van der Waals surface area contributed by atoms with Gasteiger partial charge in [0.1, 0.15) is 5.69 Å². The average Bonchev–Trinajstić information content (AvgIpc) is 3.26. The van der Waals surface area contributed by atoms with Crippen molar-refractivity contribution < 1.29 is 9.59 Å². The predicted molar refractivity (Wildman–Crippen MR) is 100 cm³/mol. The van der Waals surface area contributed by atoms with Crippen LogP contribution in [0, 0.1) is 0 Å². The van der Waals surface area contributed by atoms with E-state index in [2.05, 4.69) is 22.5 Å². The zero-order valence-electron chi connectivity index (χ0n) is 14.8. The topological polar surface area (TPSA) is 67.2 Å². The summed E-state index contributed by atoms with van der Waals surface area (Å²) in [6, 6.07) is 17.6. The minimum absolute atomic E-state index is 0.107. The van der Waals surface area contributed by atoms with E-state index in [0.29, 0.717) is 18.8 Å². The standard InChI is InChI=1S/C21H18N4O2/c1-24-10-11-25-18(21(24)27)12-17(23-25)20(26)22-19-15-8-4-2-6-13(15)14-7-3-5-9-16(14)19/h2-9,12,19H,10-11H2,1H3,(H,22,26). The summed E-state index contributed by atoms with van der Waals surface area (Å²) >= 11 is 0. The summed E-state index contributed by atoms with van der Waals surface area (Å²) in [5.74, 6) is -0.381. The van der Waals surface area contributed by atoms with Gasteiger partial charge in [0, 0.05) is 19.7 Å². The Kier molecular flexibility index (Phi) is 3.40. The van der Waals surface area contributed by atoms with E-state index in [1.807, 2.05) is 36.4 Å². The van der Waals surface area contributed by atoms with Crippen molar-refractivity contribution in [1.82, 2.24) is 20.0 Å². The first-order valence-electron chi connectivity index (χ1n) is 8.96. The van der Waals surface area contributed by atoms with Crippen LogP contribution >= 0.6 is 0 Å². The maximum absolute atomic E-state index is 12.9. The summed E-state index contributed by atoms with van der Waals surface area (Å²) in [7, 11) is 1.75. The van der Waals surface area contributed by atoms with Crippen LogP contribution in [-0.2, 0) is 6.54 Å². The molecule has 2 amide bonds. The lowest BCUT2D eigenvalue weighted by Crippen LogP contribution is -2.37. The number of rotatable bonds is 2. The largest absolute Gasteiger partial charge is 0.340 e. The highest BCUT2D eigenvalue weighted by Crippen LogP contribution is 2.43. The molecule has 0 spiro atoms. The van der Waals surface area contributed by atoms with Crippen LogP contribution in [0.4, 0.5) is 0 Å². The number of amides is 2. The van der Waals surface area contributed by atoms with Crippen molar-refractivity contribution in [2.45, 2.75) is 12.6 Å². The van der Waals surface area contributed by atoms with Gasteiger partial charge < -0.3 is 10.2 Å². The summed E-state index contributed by atoms with van der Waals surface area (Å²) in [5.41, 5.74) is 5.16. The molecule has 1 N–H and O–H groups in total. The van der Waals surface area contributed by atoms with Crippen LogP contribution in [0.2, 0.25) is 0 Å². The van der Waals surface area contributed by atoms with Gasteiger partial charge in [0.25, 0.3) is 11.8 Å². The monoisotopic (exact) mass is 358 g/mol. The number of aromatic nitrogens is 2. The van der Waals surface area contributed by atoms with Crippen molar-refractivity contribution in [3.8, 4) is 11.1 Å². The minimum atomic E-state index is -0.274. The Bertz CT molecular complexity index is 1040. The molecule has 2 heterocycles. The normalized spacial score (nSPS) is 15.3. The number of hydrogen-bond acceptors (Lipinski definition) is 3. The summed E-state index contributed by atoms with van der Waals surface area (Å²) in [5, 5.41) is 7.45. The van der Waals surface area contributed by atoms with Crippen LogP contribution in [0.3, 0.4) is 0 Å². The Morgan fingerprint density at radius 1 is 1.04 bits per heavy atom. The number of carbonyl (C=O) groups is 2. The lowest BCUT2D eigenvalue weighted by molar-refractivity contribution is 0.0742. The molecular weight excluding hydrogens is 340 g/mol. The SMILES string of the molecule is CN1CCn2nc(C(=O)NC3c4ccccc4-c4ccccc43)cc2C1=O. The van der Waals surface area contributed by atoms with E-state index < -0.39 is 0 Å². The van der Waals surface area contributed by atoms with Crippen LogP contribution < -0.4 is 5.32 Å². The molecule has 3 aromatic rings. The number of nitrogens with one attached hydrogen (secondary N) is 1. The average molecular weight is 358 g/mol. The van der Waals surface area contributed by atoms with Gasteiger partial charge in [-0.1, -0.05) is 48.5 Å². The van der Waals surface area contributed by atoms with Gasteiger partial charge in [-0.25, -0.2) is 0 Å². The fraction of sp³-hybridized carbons (Fsp3) is 0.190. The first-order chi connectivity index (χ1) is 13.1. The van der Waals surface area contributed by atoms with E-state index >= 15 is 0 Å². The first kappa shape index (κ1) is 15.8. The molecule has 1 aromatic heterocycles. The smallest absolute Gasteiger partial charge is 0.272 e. The molecule has 1 aliphatic heterocycles. The summed E-state index contributed by atoms with van der Waals surface area (Å²) in [6.07, 6.45) is 0. The van der Waals surface area contributed by atoms with E-state index in [1.54, 1.807) is 22.7 Å². The van der Waals surface area contributed by atoms with Gasteiger partial charge in [-0.2, -0.15) is 5.10 Å². The molecule has 2 aromatic carbocycles. The third kappa shape index (κ3) is 2.37. The zero-order valence-corrected chi connectivity index (χ0v) is 14.8. The van der Waals surface area contributed by atoms with Crippen LogP contribution in [0.1, 0.15) is 38.1 Å². The molecule has 0 atom stereocenters. The minimum Gasteiger partial charge on any atom is -0.340 e. The Balaban J connectivity index is 1.49. The quantitative estimate of drug-likeness (QED) is 0.765. The number of fused-ring (bicyclic) bond motifs is 4. The van der Waals surface area contributed by atoms with E-state index in [4.69, 9.17) is 0 Å². The van der Waals surface area contributed by atoms with Gasteiger partial charge in [0.15, 0.2) is 5.69 Å². The summed E-state index contributed by atoms with van der Waals surface area (Å²) in [6.45, 7) is 1.19. The molecule has 134 valence electrons. The predicted octanol–water partition coefficient (Wildman–Crippen LogP) is 2.47. The van der Waals surface area contributed by atoms with Gasteiger partial charge in [0.2, 0.25) is 0 Å². The second-order valence-corrected chi connectivity index (χ2v) is 6.95. The van der Waals surface area contributed by atoms with Gasteiger partial charge in [0.05, 0.1) is 12.6 Å². The van der Waals surface area contributed by atoms with E-state index in [-0.39, 0.29) is 23.6 Å². The lowest BCUT2D eigenvalue weighted by Gasteiger charge is -2.22. The van der Waals surface area contributed by atoms with Crippen LogP contribution in [0.5, 0.6) is 0 Å². The molecule has 27 heavy (non-hydrogen) atoms. The molecule has 0 saturated carbocycles. The summed E-state index contributed by atoms with van der Waals surface area (Å²) < 4.78 is 1.62. The number of benzene rings is 2. The van der Waals surface area contributed by atoms with E-state index in [1.165, 1.54) is 0 Å². The van der Waals surface area contributed by atoms with Gasteiger partial charge in [-0.05, 0) is 22.3 Å². The molecule has 1 aliphatic carbocycles. The molecular formula is C21H18N4O2. The number of likely N-dealkylation sites (N-methyl/N-ethyl adjacent to an activating group) is 1. The highest BCUT2D eigenvalue weighted by Gasteiger charge is 2.31. The Morgan fingerprint density at radius 3 is 2.33 bits per heavy atom. The highest BCUT2D eigenvalue weighted by atomic mass is 16.2. The van der Waals surface area contributed by atoms with Crippen molar-refractivity contribution in [1.29, 1.82) is 0 Å². The third-order valence-corrected chi connectivity index (χ3v) is 5.33. The van der Waals surface area contributed by atoms with Crippen molar-refractivity contribution in [2.24, 2.45) is 0 Å². The maximum atomic E-state index is 12.9. The fourth-order valence-corrected chi connectivity index (χ4v) is 3.93. The highest BCUT2D eigenvalue weighted by molar-refractivity contribution is 5.99. The van der Waals surface area contributed by atoms with Crippen LogP contribution in [0.25, 0.3) is 11.1 Å². The van der Waals surface area contributed by atoms with Crippen molar-refractivity contribution in [3.63, 3.8) is 0 Å². The van der Waals surface area contributed by atoms with Gasteiger partial charge in [-0.15, -0.1) is 0 Å². The lowest BCUT2D eigenvalue weighted by atomic mass is 10.1. The van der Waals surface area contributed by atoms with E-state index in [0.717, 1.165) is 22.3 Å². The van der Waals surface area contributed by atoms with Crippen LogP contribution in [-0.4, -0.2) is 40.1 Å². The van der Waals surface area contributed by atoms with Crippen molar-refractivity contribution >= 4 is 11.8 Å². The Labute approximate surface area is 156 Å². The molecule has 6 heteroatoms. The second-order valence-electron chi connectivity index (χ2n) is 6.95. The first-order valence-corrected chi connectivity index (χ1v) is 8.96. The molecule has 0 unspecified atom stereocenters. The number of carbonyl (C=O) groups excluding carboxylic acids is 2. The molecule has 5 rings (SSSR count). The van der Waals surface area contributed by atoms with E-state index in [9.17, 15) is 9.59 Å². The van der Waals surface area contributed by atoms with Crippen molar-refractivity contribution in [2.75, 3.05) is 13.6 Å². The fourth-order valence-electron chi connectivity index (χ4n) is 3.93. The maximum Gasteiger partial charge on any atom is 0.272 e. The molecule has 0 radical (unpaired) electrons. The molecule has 6 nitrogen and oxygen atoms in total. The Hall–Kier alpha value is -3.41. The zero-order chi connectivity index (χ0) is 18.5.